The monoisotopic (exact) mass is 325 g/mol. The number of esters is 1. The molecule has 1 fully saturated rings. The number of rotatable bonds is 5. The summed E-state index contributed by atoms with van der Waals surface area (Å²) in [6, 6.07) is 5.94. The van der Waals surface area contributed by atoms with Crippen LogP contribution in [0.25, 0.3) is 0 Å². The summed E-state index contributed by atoms with van der Waals surface area (Å²) in [6.07, 6.45) is 2.64. The van der Waals surface area contributed by atoms with E-state index in [-0.39, 0.29) is 22.8 Å². The Morgan fingerprint density at radius 2 is 1.77 bits per heavy atom. The second-order valence-electron chi connectivity index (χ2n) is 5.24. The van der Waals surface area contributed by atoms with Gasteiger partial charge in [-0.15, -0.1) is 0 Å². The molecule has 1 aliphatic rings. The highest BCUT2D eigenvalue weighted by atomic mass is 32.2. The fraction of sp³-hybridized carbons (Fsp3) is 0.467. The van der Waals surface area contributed by atoms with Crippen molar-refractivity contribution in [2.24, 2.45) is 0 Å². The molecule has 0 spiro atoms. The van der Waals surface area contributed by atoms with Gasteiger partial charge in [-0.3, -0.25) is 4.79 Å². The third-order valence-electron chi connectivity index (χ3n) is 3.45. The summed E-state index contributed by atoms with van der Waals surface area (Å²) in [5.41, 5.74) is -0.0330. The van der Waals surface area contributed by atoms with E-state index < -0.39 is 16.0 Å². The predicted octanol–water partition coefficient (Wildman–Crippen LogP) is 1.61. The first kappa shape index (κ1) is 16.6. The topological polar surface area (TPSA) is 80.8 Å². The molecule has 0 atom stereocenters. The van der Waals surface area contributed by atoms with Gasteiger partial charge in [-0.1, -0.05) is 18.6 Å². The molecule has 1 saturated heterocycles. The number of hydrogen-bond acceptors (Lipinski definition) is 5. The van der Waals surface area contributed by atoms with E-state index in [9.17, 15) is 18.0 Å². The summed E-state index contributed by atoms with van der Waals surface area (Å²) in [7, 11) is -3.73. The van der Waals surface area contributed by atoms with Crippen LogP contribution in [0.1, 0.15) is 36.5 Å². The molecule has 2 rings (SSSR count). The van der Waals surface area contributed by atoms with Gasteiger partial charge in [0.05, 0.1) is 10.5 Å². The predicted molar refractivity (Wildman–Crippen MR) is 80.0 cm³/mol. The van der Waals surface area contributed by atoms with Crippen molar-refractivity contribution in [3.8, 4) is 0 Å². The molecule has 1 aliphatic heterocycles. The number of piperidine rings is 1. The molecule has 1 aromatic rings. The van der Waals surface area contributed by atoms with E-state index in [4.69, 9.17) is 4.74 Å². The summed E-state index contributed by atoms with van der Waals surface area (Å²) in [4.78, 5) is 22.9. The average Bonchev–Trinajstić information content (AvgIpc) is 2.53. The largest absolute Gasteiger partial charge is 0.454 e. The lowest BCUT2D eigenvalue weighted by atomic mass is 10.2. The van der Waals surface area contributed by atoms with Gasteiger partial charge in [-0.25, -0.2) is 13.2 Å². The average molecular weight is 325 g/mol. The Hall–Kier alpha value is -1.73. The third-order valence-corrected chi connectivity index (χ3v) is 5.40. The molecular weight excluding hydrogens is 306 g/mol. The highest BCUT2D eigenvalue weighted by Crippen LogP contribution is 2.24. The van der Waals surface area contributed by atoms with Crippen molar-refractivity contribution in [1.29, 1.82) is 0 Å². The Labute approximate surface area is 130 Å². The lowest BCUT2D eigenvalue weighted by Gasteiger charge is -2.26. The Morgan fingerprint density at radius 3 is 2.41 bits per heavy atom. The maximum atomic E-state index is 12.7. The van der Waals surface area contributed by atoms with Crippen LogP contribution in [0.4, 0.5) is 0 Å². The molecule has 120 valence electrons. The van der Waals surface area contributed by atoms with E-state index in [1.807, 2.05) is 0 Å². The Bertz CT molecular complexity index is 662. The summed E-state index contributed by atoms with van der Waals surface area (Å²) >= 11 is 0. The summed E-state index contributed by atoms with van der Waals surface area (Å²) in [5.74, 6) is -1.10. The summed E-state index contributed by atoms with van der Waals surface area (Å²) in [6.45, 7) is 1.85. The van der Waals surface area contributed by atoms with Crippen molar-refractivity contribution in [3.05, 3.63) is 29.8 Å². The van der Waals surface area contributed by atoms with E-state index in [1.165, 1.54) is 23.4 Å². The van der Waals surface area contributed by atoms with Gasteiger partial charge < -0.3 is 4.74 Å². The van der Waals surface area contributed by atoms with Gasteiger partial charge in [0, 0.05) is 13.1 Å². The van der Waals surface area contributed by atoms with Gasteiger partial charge in [0.15, 0.2) is 5.78 Å². The molecule has 0 bridgehead atoms. The molecule has 0 unspecified atom stereocenters. The van der Waals surface area contributed by atoms with Crippen LogP contribution < -0.4 is 0 Å². The van der Waals surface area contributed by atoms with Gasteiger partial charge in [0.2, 0.25) is 10.0 Å². The minimum Gasteiger partial charge on any atom is -0.454 e. The van der Waals surface area contributed by atoms with Gasteiger partial charge >= 0.3 is 5.97 Å². The van der Waals surface area contributed by atoms with Crippen LogP contribution >= 0.6 is 0 Å². The summed E-state index contributed by atoms with van der Waals surface area (Å²) < 4.78 is 31.6. The number of carbonyl (C=O) groups excluding carboxylic acids is 2. The molecule has 22 heavy (non-hydrogen) atoms. The molecule has 6 nitrogen and oxygen atoms in total. The fourth-order valence-corrected chi connectivity index (χ4v) is 4.05. The van der Waals surface area contributed by atoms with Crippen molar-refractivity contribution in [2.75, 3.05) is 19.7 Å². The third kappa shape index (κ3) is 3.72. The number of hydrogen-bond donors (Lipinski definition) is 0. The molecular formula is C15H19NO5S. The van der Waals surface area contributed by atoms with Crippen molar-refractivity contribution in [3.63, 3.8) is 0 Å². The fourth-order valence-electron chi connectivity index (χ4n) is 2.35. The van der Waals surface area contributed by atoms with E-state index in [1.54, 1.807) is 12.1 Å². The van der Waals surface area contributed by atoms with Crippen molar-refractivity contribution >= 4 is 21.8 Å². The highest BCUT2D eigenvalue weighted by molar-refractivity contribution is 7.89. The first-order valence-electron chi connectivity index (χ1n) is 7.18. The number of benzene rings is 1. The molecule has 0 saturated carbocycles. The minimum atomic E-state index is -3.73. The van der Waals surface area contributed by atoms with Crippen LogP contribution in [-0.2, 0) is 19.6 Å². The zero-order valence-electron chi connectivity index (χ0n) is 12.4. The number of sulfonamides is 1. The molecule has 0 aromatic heterocycles. The molecule has 0 aliphatic carbocycles. The lowest BCUT2D eigenvalue weighted by Crippen LogP contribution is -2.36. The smallest absolute Gasteiger partial charge is 0.339 e. The zero-order chi connectivity index (χ0) is 16.2. The molecule has 0 amide bonds. The Kier molecular flexibility index (Phi) is 5.31. The van der Waals surface area contributed by atoms with E-state index >= 15 is 0 Å². The second kappa shape index (κ2) is 7.02. The first-order chi connectivity index (χ1) is 10.4. The Balaban J connectivity index is 2.31. The molecule has 1 aromatic carbocycles. The van der Waals surface area contributed by atoms with Crippen LogP contribution in [0.2, 0.25) is 0 Å². The number of ketones is 1. The van der Waals surface area contributed by atoms with Crippen LogP contribution in [-0.4, -0.2) is 44.2 Å². The van der Waals surface area contributed by atoms with Crippen LogP contribution in [0, 0.1) is 0 Å². The SMILES string of the molecule is CC(=O)COC(=O)c1ccccc1S(=O)(=O)N1CCCCC1. The molecule has 7 heteroatoms. The first-order valence-corrected chi connectivity index (χ1v) is 8.62. The van der Waals surface area contributed by atoms with Gasteiger partial charge in [-0.05, 0) is 31.9 Å². The van der Waals surface area contributed by atoms with Crippen molar-refractivity contribution in [2.45, 2.75) is 31.1 Å². The van der Waals surface area contributed by atoms with Crippen molar-refractivity contribution < 1.29 is 22.7 Å². The number of ether oxygens (including phenoxy) is 1. The van der Waals surface area contributed by atoms with Crippen LogP contribution in [0.3, 0.4) is 0 Å². The quantitative estimate of drug-likeness (QED) is 0.768. The van der Waals surface area contributed by atoms with E-state index in [2.05, 4.69) is 0 Å². The van der Waals surface area contributed by atoms with Crippen LogP contribution in [0.5, 0.6) is 0 Å². The van der Waals surface area contributed by atoms with Crippen molar-refractivity contribution in [1.82, 2.24) is 4.31 Å². The minimum absolute atomic E-state index is 0.0330. The standard InChI is InChI=1S/C15H19NO5S/c1-12(17)11-21-15(18)13-7-3-4-8-14(13)22(19,20)16-9-5-2-6-10-16/h3-4,7-8H,2,5-6,9-11H2,1H3. The molecule has 0 radical (unpaired) electrons. The second-order valence-corrected chi connectivity index (χ2v) is 7.15. The molecule has 0 N–H and O–H groups in total. The Morgan fingerprint density at radius 1 is 1.14 bits per heavy atom. The summed E-state index contributed by atoms with van der Waals surface area (Å²) in [5, 5.41) is 0. The normalized spacial score (nSPS) is 16.2. The number of nitrogens with zero attached hydrogens (tertiary/aromatic N) is 1. The van der Waals surface area contributed by atoms with E-state index in [0.29, 0.717) is 13.1 Å². The van der Waals surface area contributed by atoms with Gasteiger partial charge in [0.25, 0.3) is 0 Å². The number of Topliss-reactive ketones (excluding diaryl/α,β-unsaturated/α-hetero) is 1. The lowest BCUT2D eigenvalue weighted by molar-refractivity contribution is -0.120. The van der Waals surface area contributed by atoms with E-state index in [0.717, 1.165) is 19.3 Å². The van der Waals surface area contributed by atoms with Crippen LogP contribution in [0.15, 0.2) is 29.2 Å². The van der Waals surface area contributed by atoms with Gasteiger partial charge in [-0.2, -0.15) is 4.31 Å². The van der Waals surface area contributed by atoms with Gasteiger partial charge in [0.1, 0.15) is 6.61 Å². The maximum Gasteiger partial charge on any atom is 0.339 e. The maximum absolute atomic E-state index is 12.7. The molecule has 1 heterocycles. The highest BCUT2D eigenvalue weighted by Gasteiger charge is 2.30. The number of carbonyl (C=O) groups is 2. The zero-order valence-corrected chi connectivity index (χ0v) is 13.3.